The zero-order valence-electron chi connectivity index (χ0n) is 9.79. The molecule has 1 saturated heterocycles. The van der Waals surface area contributed by atoms with E-state index in [0.717, 1.165) is 11.8 Å². The lowest BCUT2D eigenvalue weighted by Crippen LogP contribution is -2.16. The van der Waals surface area contributed by atoms with E-state index in [9.17, 15) is 0 Å². The molecular formula is C14H21N. The van der Waals surface area contributed by atoms with E-state index < -0.39 is 0 Å². The second-order valence-electron chi connectivity index (χ2n) is 4.68. The van der Waals surface area contributed by atoms with Crippen LogP contribution in [0.5, 0.6) is 0 Å². The lowest BCUT2D eigenvalue weighted by atomic mass is 9.83. The van der Waals surface area contributed by atoms with Crippen LogP contribution in [0.25, 0.3) is 0 Å². The van der Waals surface area contributed by atoms with E-state index in [0.29, 0.717) is 0 Å². The minimum absolute atomic E-state index is 0.750. The third-order valence-corrected chi connectivity index (χ3v) is 3.58. The van der Waals surface area contributed by atoms with Crippen LogP contribution in [0, 0.1) is 12.8 Å². The highest BCUT2D eigenvalue weighted by Gasteiger charge is 2.24. The van der Waals surface area contributed by atoms with Crippen molar-refractivity contribution in [3.63, 3.8) is 0 Å². The maximum Gasteiger partial charge on any atom is -0.00142 e. The predicted molar refractivity (Wildman–Crippen MR) is 65.2 cm³/mol. The van der Waals surface area contributed by atoms with Gasteiger partial charge in [-0.3, -0.25) is 0 Å². The number of rotatable bonds is 3. The molecule has 0 amide bonds. The maximum absolute atomic E-state index is 3.47. The van der Waals surface area contributed by atoms with Gasteiger partial charge in [-0.25, -0.2) is 0 Å². The summed E-state index contributed by atoms with van der Waals surface area (Å²) in [6.45, 7) is 6.90. The molecule has 15 heavy (non-hydrogen) atoms. The number of aryl methyl sites for hydroxylation is 1. The van der Waals surface area contributed by atoms with Gasteiger partial charge in [-0.2, -0.15) is 0 Å². The Morgan fingerprint density at radius 1 is 1.47 bits per heavy atom. The number of benzene rings is 1. The predicted octanol–water partition coefficient (Wildman–Crippen LogP) is 3.10. The van der Waals surface area contributed by atoms with Gasteiger partial charge in [-0.05, 0) is 50.3 Å². The van der Waals surface area contributed by atoms with Gasteiger partial charge in [-0.15, -0.1) is 0 Å². The molecule has 1 aromatic rings. The Hall–Kier alpha value is -0.820. The lowest BCUT2D eigenvalue weighted by Gasteiger charge is -2.22. The summed E-state index contributed by atoms with van der Waals surface area (Å²) >= 11 is 0. The summed E-state index contributed by atoms with van der Waals surface area (Å²) < 4.78 is 0. The topological polar surface area (TPSA) is 12.0 Å². The number of hydrogen-bond acceptors (Lipinski definition) is 1. The highest BCUT2D eigenvalue weighted by atomic mass is 14.9. The van der Waals surface area contributed by atoms with Crippen molar-refractivity contribution in [2.24, 2.45) is 5.92 Å². The Labute approximate surface area is 92.9 Å². The van der Waals surface area contributed by atoms with Gasteiger partial charge in [0.1, 0.15) is 0 Å². The minimum Gasteiger partial charge on any atom is -0.316 e. The Morgan fingerprint density at radius 3 is 2.93 bits per heavy atom. The molecule has 82 valence electrons. The van der Waals surface area contributed by atoms with Crippen molar-refractivity contribution < 1.29 is 0 Å². The van der Waals surface area contributed by atoms with Gasteiger partial charge in [0.15, 0.2) is 0 Å². The van der Waals surface area contributed by atoms with Gasteiger partial charge in [0.05, 0.1) is 0 Å². The third-order valence-electron chi connectivity index (χ3n) is 3.58. The fourth-order valence-corrected chi connectivity index (χ4v) is 2.76. The maximum atomic E-state index is 3.47. The van der Waals surface area contributed by atoms with Crippen molar-refractivity contribution in [2.45, 2.75) is 32.6 Å². The van der Waals surface area contributed by atoms with Crippen LogP contribution in [0.2, 0.25) is 0 Å². The molecule has 0 spiro atoms. The Kier molecular flexibility index (Phi) is 3.42. The van der Waals surface area contributed by atoms with Gasteiger partial charge in [0.2, 0.25) is 0 Å². The molecule has 1 aromatic carbocycles. The average Bonchev–Trinajstić information content (AvgIpc) is 2.72. The van der Waals surface area contributed by atoms with E-state index in [2.05, 4.69) is 43.4 Å². The quantitative estimate of drug-likeness (QED) is 0.796. The summed E-state index contributed by atoms with van der Waals surface area (Å²) in [5.74, 6) is 1.59. The van der Waals surface area contributed by atoms with Crippen molar-refractivity contribution >= 4 is 0 Å². The summed E-state index contributed by atoms with van der Waals surface area (Å²) in [4.78, 5) is 0. The molecule has 0 radical (unpaired) electrons. The van der Waals surface area contributed by atoms with Crippen LogP contribution < -0.4 is 5.32 Å². The fraction of sp³-hybridized carbons (Fsp3) is 0.571. The van der Waals surface area contributed by atoms with Crippen molar-refractivity contribution in [3.8, 4) is 0 Å². The standard InChI is InChI=1S/C14H21N/c1-3-14(13-7-8-15-10-13)12-6-4-5-11(2)9-12/h4-6,9,13-15H,3,7-8,10H2,1-2H3. The van der Waals surface area contributed by atoms with Crippen LogP contribution in [0.15, 0.2) is 24.3 Å². The molecular weight excluding hydrogens is 182 g/mol. The van der Waals surface area contributed by atoms with Crippen LogP contribution in [-0.4, -0.2) is 13.1 Å². The van der Waals surface area contributed by atoms with Gasteiger partial charge < -0.3 is 5.32 Å². The fourth-order valence-electron chi connectivity index (χ4n) is 2.76. The molecule has 0 aromatic heterocycles. The molecule has 2 unspecified atom stereocenters. The molecule has 0 saturated carbocycles. The molecule has 2 rings (SSSR count). The first-order valence-corrected chi connectivity index (χ1v) is 6.08. The zero-order valence-corrected chi connectivity index (χ0v) is 9.79. The molecule has 1 aliphatic rings. The SMILES string of the molecule is CCC(c1cccc(C)c1)C1CCNC1. The molecule has 1 N–H and O–H groups in total. The van der Waals surface area contributed by atoms with Gasteiger partial charge in [0, 0.05) is 0 Å². The van der Waals surface area contributed by atoms with Crippen LogP contribution >= 0.6 is 0 Å². The number of hydrogen-bond donors (Lipinski definition) is 1. The first-order valence-electron chi connectivity index (χ1n) is 6.08. The van der Waals surface area contributed by atoms with Crippen molar-refractivity contribution in [2.75, 3.05) is 13.1 Å². The van der Waals surface area contributed by atoms with Crippen LogP contribution in [0.1, 0.15) is 36.8 Å². The molecule has 1 nitrogen and oxygen atoms in total. The normalized spacial score (nSPS) is 22.9. The summed E-state index contributed by atoms with van der Waals surface area (Å²) in [7, 11) is 0. The first-order chi connectivity index (χ1) is 7.31. The molecule has 1 aliphatic heterocycles. The first kappa shape index (κ1) is 10.7. The molecule has 2 atom stereocenters. The van der Waals surface area contributed by atoms with Crippen LogP contribution in [0.4, 0.5) is 0 Å². The van der Waals surface area contributed by atoms with Crippen LogP contribution in [0.3, 0.4) is 0 Å². The minimum atomic E-state index is 0.750. The van der Waals surface area contributed by atoms with E-state index in [1.54, 1.807) is 0 Å². The number of nitrogens with one attached hydrogen (secondary N) is 1. The van der Waals surface area contributed by atoms with Crippen molar-refractivity contribution in [1.82, 2.24) is 5.32 Å². The second kappa shape index (κ2) is 4.80. The van der Waals surface area contributed by atoms with E-state index in [4.69, 9.17) is 0 Å². The van der Waals surface area contributed by atoms with Gasteiger partial charge >= 0.3 is 0 Å². The smallest absolute Gasteiger partial charge is 0.00142 e. The van der Waals surface area contributed by atoms with E-state index in [-0.39, 0.29) is 0 Å². The second-order valence-corrected chi connectivity index (χ2v) is 4.68. The van der Waals surface area contributed by atoms with E-state index >= 15 is 0 Å². The van der Waals surface area contributed by atoms with Gasteiger partial charge in [-0.1, -0.05) is 36.8 Å². The highest BCUT2D eigenvalue weighted by Crippen LogP contribution is 2.32. The Balaban J connectivity index is 2.18. The monoisotopic (exact) mass is 203 g/mol. The zero-order chi connectivity index (χ0) is 10.7. The Morgan fingerprint density at radius 2 is 2.33 bits per heavy atom. The molecule has 1 heteroatoms. The molecule has 1 heterocycles. The van der Waals surface area contributed by atoms with Crippen molar-refractivity contribution in [1.29, 1.82) is 0 Å². The van der Waals surface area contributed by atoms with Crippen LogP contribution in [-0.2, 0) is 0 Å². The van der Waals surface area contributed by atoms with Gasteiger partial charge in [0.25, 0.3) is 0 Å². The summed E-state index contributed by atoms with van der Waals surface area (Å²) in [5.41, 5.74) is 2.92. The Bertz CT molecular complexity index is 313. The van der Waals surface area contributed by atoms with E-state index in [1.165, 1.54) is 37.1 Å². The van der Waals surface area contributed by atoms with E-state index in [1.807, 2.05) is 0 Å². The summed E-state index contributed by atoms with van der Waals surface area (Å²) in [6, 6.07) is 9.02. The third kappa shape index (κ3) is 2.40. The molecule has 0 aliphatic carbocycles. The average molecular weight is 203 g/mol. The summed E-state index contributed by atoms with van der Waals surface area (Å²) in [6.07, 6.45) is 2.60. The largest absolute Gasteiger partial charge is 0.316 e. The highest BCUT2D eigenvalue weighted by molar-refractivity contribution is 5.26. The van der Waals surface area contributed by atoms with Crippen molar-refractivity contribution in [3.05, 3.63) is 35.4 Å². The molecule has 0 bridgehead atoms. The molecule has 1 fully saturated rings. The summed E-state index contributed by atoms with van der Waals surface area (Å²) in [5, 5.41) is 3.47. The lowest BCUT2D eigenvalue weighted by molar-refractivity contribution is 0.446.